The summed E-state index contributed by atoms with van der Waals surface area (Å²) in [7, 11) is -1.65. The molecule has 2 bridgehead atoms. The fraction of sp³-hybridized carbons (Fsp3) is 0.933. The van der Waals surface area contributed by atoms with E-state index in [1.165, 1.54) is 0 Å². The second-order valence-electron chi connectivity index (χ2n) is 6.49. The van der Waals surface area contributed by atoms with Crippen molar-refractivity contribution in [3.8, 4) is 0 Å². The number of carbonyl (C=O) groups is 1. The number of hydrogen-bond donors (Lipinski definition) is 2. The lowest BCUT2D eigenvalue weighted by atomic mass is 10.0. The minimum Gasteiger partial charge on any atom is -0.465 e. The molecule has 4 atom stereocenters. The Hall–Kier alpha value is -0.593. The SMILES string of the molecule is CC[Si](CC)(CC)OC(C)[C@H]1NC[C@H]2CC[C@@H]1N2C(=O)O. The number of piperazine rings is 1. The van der Waals surface area contributed by atoms with E-state index in [2.05, 4.69) is 33.0 Å². The molecule has 0 saturated carbocycles. The van der Waals surface area contributed by atoms with Crippen molar-refractivity contribution in [3.63, 3.8) is 0 Å². The van der Waals surface area contributed by atoms with E-state index in [4.69, 9.17) is 4.43 Å². The highest BCUT2D eigenvalue weighted by Gasteiger charge is 2.47. The van der Waals surface area contributed by atoms with Crippen LogP contribution in [0.5, 0.6) is 0 Å². The first-order chi connectivity index (χ1) is 9.98. The lowest BCUT2D eigenvalue weighted by Crippen LogP contribution is -2.64. The molecule has 0 spiro atoms. The van der Waals surface area contributed by atoms with E-state index in [0.717, 1.165) is 37.5 Å². The Morgan fingerprint density at radius 3 is 2.48 bits per heavy atom. The van der Waals surface area contributed by atoms with Crippen molar-refractivity contribution in [1.29, 1.82) is 0 Å². The molecule has 2 N–H and O–H groups in total. The molecule has 0 aliphatic carbocycles. The summed E-state index contributed by atoms with van der Waals surface area (Å²) in [6.45, 7) is 9.58. The number of nitrogens with one attached hydrogen (secondary N) is 1. The van der Waals surface area contributed by atoms with Gasteiger partial charge in [-0.2, -0.15) is 0 Å². The van der Waals surface area contributed by atoms with Gasteiger partial charge in [-0.15, -0.1) is 0 Å². The predicted molar refractivity (Wildman–Crippen MR) is 86.2 cm³/mol. The van der Waals surface area contributed by atoms with E-state index < -0.39 is 14.4 Å². The van der Waals surface area contributed by atoms with E-state index in [1.807, 2.05) is 0 Å². The lowest BCUT2D eigenvalue weighted by molar-refractivity contribution is 0.0516. The molecule has 1 amide bonds. The van der Waals surface area contributed by atoms with Crippen LogP contribution >= 0.6 is 0 Å². The lowest BCUT2D eigenvalue weighted by Gasteiger charge is -2.44. The van der Waals surface area contributed by atoms with Crippen molar-refractivity contribution in [2.24, 2.45) is 0 Å². The predicted octanol–water partition coefficient (Wildman–Crippen LogP) is 2.88. The molecule has 122 valence electrons. The number of hydrogen-bond acceptors (Lipinski definition) is 3. The van der Waals surface area contributed by atoms with Crippen molar-refractivity contribution < 1.29 is 14.3 Å². The fourth-order valence-electron chi connectivity index (χ4n) is 4.12. The van der Waals surface area contributed by atoms with E-state index >= 15 is 0 Å². The van der Waals surface area contributed by atoms with Crippen LogP contribution in [-0.2, 0) is 4.43 Å². The summed E-state index contributed by atoms with van der Waals surface area (Å²) < 4.78 is 6.56. The second-order valence-corrected chi connectivity index (χ2v) is 11.2. The summed E-state index contributed by atoms with van der Waals surface area (Å²) in [5, 5.41) is 13.0. The van der Waals surface area contributed by atoms with Gasteiger partial charge in [0.2, 0.25) is 0 Å². The van der Waals surface area contributed by atoms with Crippen LogP contribution < -0.4 is 5.32 Å². The van der Waals surface area contributed by atoms with Gasteiger partial charge in [0.1, 0.15) is 0 Å². The quantitative estimate of drug-likeness (QED) is 0.740. The Morgan fingerprint density at radius 2 is 1.95 bits per heavy atom. The summed E-state index contributed by atoms with van der Waals surface area (Å²) >= 11 is 0. The maximum atomic E-state index is 11.5. The average molecular weight is 315 g/mol. The number of rotatable bonds is 6. The Balaban J connectivity index is 2.08. The minimum atomic E-state index is -1.65. The summed E-state index contributed by atoms with van der Waals surface area (Å²) in [6.07, 6.45) is 1.25. The van der Waals surface area contributed by atoms with Gasteiger partial charge in [0, 0.05) is 12.6 Å². The van der Waals surface area contributed by atoms with Crippen molar-refractivity contribution >= 4 is 14.4 Å². The molecule has 0 radical (unpaired) electrons. The zero-order valence-corrected chi connectivity index (χ0v) is 14.8. The van der Waals surface area contributed by atoms with Crippen LogP contribution in [0.3, 0.4) is 0 Å². The van der Waals surface area contributed by atoms with Crippen LogP contribution in [0.4, 0.5) is 4.79 Å². The van der Waals surface area contributed by atoms with Crippen LogP contribution in [0.15, 0.2) is 0 Å². The zero-order valence-electron chi connectivity index (χ0n) is 13.8. The van der Waals surface area contributed by atoms with Crippen LogP contribution in [0.2, 0.25) is 18.1 Å². The van der Waals surface area contributed by atoms with Crippen LogP contribution in [0.1, 0.15) is 40.5 Å². The largest absolute Gasteiger partial charge is 0.465 e. The third kappa shape index (κ3) is 3.12. The number of nitrogens with zero attached hydrogens (tertiary/aromatic N) is 1. The zero-order chi connectivity index (χ0) is 15.6. The van der Waals surface area contributed by atoms with Gasteiger partial charge in [0.25, 0.3) is 0 Å². The molecule has 0 aromatic heterocycles. The maximum Gasteiger partial charge on any atom is 0.407 e. The highest BCUT2D eigenvalue weighted by Crippen LogP contribution is 2.33. The standard InChI is InChI=1S/C15H30N2O3Si/c1-5-21(6-2,7-3)20-11(4)14-13-9-8-12(10-16-14)17(13)15(18)19/h11-14,16H,5-10H2,1-4H3,(H,18,19)/t11?,12-,13+,14-/m1/s1. The van der Waals surface area contributed by atoms with Crippen LogP contribution in [0, 0.1) is 0 Å². The normalized spacial score (nSPS) is 30.5. The molecular weight excluding hydrogens is 284 g/mol. The molecule has 2 heterocycles. The van der Waals surface area contributed by atoms with Crippen molar-refractivity contribution in [2.45, 2.75) is 82.9 Å². The third-order valence-corrected chi connectivity index (χ3v) is 10.4. The molecule has 5 nitrogen and oxygen atoms in total. The third-order valence-electron chi connectivity index (χ3n) is 5.65. The minimum absolute atomic E-state index is 0.0773. The Labute approximate surface area is 129 Å². The first-order valence-corrected chi connectivity index (χ1v) is 10.9. The van der Waals surface area contributed by atoms with E-state index in [9.17, 15) is 9.90 Å². The molecule has 1 unspecified atom stereocenters. The Morgan fingerprint density at radius 1 is 1.33 bits per heavy atom. The molecule has 2 rings (SSSR count). The summed E-state index contributed by atoms with van der Waals surface area (Å²) in [5.74, 6) is 0. The first kappa shape index (κ1) is 16.8. The van der Waals surface area contributed by atoms with Gasteiger partial charge in [-0.3, -0.25) is 4.90 Å². The number of carboxylic acid groups (broad SMARTS) is 1. The summed E-state index contributed by atoms with van der Waals surface area (Å²) in [5.41, 5.74) is 0. The van der Waals surface area contributed by atoms with Gasteiger partial charge in [-0.05, 0) is 37.9 Å². The summed E-state index contributed by atoms with van der Waals surface area (Å²) in [4.78, 5) is 13.2. The first-order valence-electron chi connectivity index (χ1n) is 8.40. The van der Waals surface area contributed by atoms with E-state index in [-0.39, 0.29) is 24.2 Å². The second kappa shape index (κ2) is 6.67. The van der Waals surface area contributed by atoms with Crippen molar-refractivity contribution in [1.82, 2.24) is 10.2 Å². The van der Waals surface area contributed by atoms with Gasteiger partial charge in [0.05, 0.1) is 18.2 Å². The average Bonchev–Trinajstić information content (AvgIpc) is 2.79. The molecule has 6 heteroatoms. The van der Waals surface area contributed by atoms with E-state index in [1.54, 1.807) is 4.90 Å². The number of fused-ring (bicyclic) bond motifs is 2. The molecule has 2 aliphatic rings. The Kier molecular flexibility index (Phi) is 5.32. The van der Waals surface area contributed by atoms with Gasteiger partial charge in [-0.1, -0.05) is 20.8 Å². The molecule has 21 heavy (non-hydrogen) atoms. The maximum absolute atomic E-state index is 11.5. The highest BCUT2D eigenvalue weighted by atomic mass is 28.4. The van der Waals surface area contributed by atoms with Gasteiger partial charge >= 0.3 is 6.09 Å². The molecule has 2 aliphatic heterocycles. The molecule has 0 aromatic rings. The smallest absolute Gasteiger partial charge is 0.407 e. The molecule has 0 aromatic carbocycles. The molecular formula is C15H30N2O3Si. The van der Waals surface area contributed by atoms with Crippen molar-refractivity contribution in [2.75, 3.05) is 6.54 Å². The van der Waals surface area contributed by atoms with Crippen LogP contribution in [0.25, 0.3) is 0 Å². The van der Waals surface area contributed by atoms with E-state index in [0.29, 0.717) is 0 Å². The monoisotopic (exact) mass is 314 g/mol. The Bertz CT molecular complexity index is 368. The highest BCUT2D eigenvalue weighted by molar-refractivity contribution is 6.73. The van der Waals surface area contributed by atoms with Crippen LogP contribution in [-0.4, -0.2) is 55.2 Å². The van der Waals surface area contributed by atoms with Crippen molar-refractivity contribution in [3.05, 3.63) is 0 Å². The van der Waals surface area contributed by atoms with Gasteiger partial charge < -0.3 is 14.8 Å². The van der Waals surface area contributed by atoms with Gasteiger partial charge in [0.15, 0.2) is 8.32 Å². The van der Waals surface area contributed by atoms with Gasteiger partial charge in [-0.25, -0.2) is 4.79 Å². The fourth-order valence-corrected chi connectivity index (χ4v) is 7.05. The number of amides is 1. The molecule has 2 fully saturated rings. The molecule has 2 saturated heterocycles. The summed E-state index contributed by atoms with van der Waals surface area (Å²) in [6, 6.07) is 3.76. The topological polar surface area (TPSA) is 61.8 Å².